The fourth-order valence-electron chi connectivity index (χ4n) is 1.66. The lowest BCUT2D eigenvalue weighted by molar-refractivity contribution is 0.0761. The van der Waals surface area contributed by atoms with Crippen LogP contribution in [-0.2, 0) is 4.74 Å². The Kier molecular flexibility index (Phi) is 2.88. The van der Waals surface area contributed by atoms with E-state index in [9.17, 15) is 4.79 Å². The first-order chi connectivity index (χ1) is 7.69. The highest BCUT2D eigenvalue weighted by Gasteiger charge is 2.21. The van der Waals surface area contributed by atoms with Crippen molar-refractivity contribution in [1.29, 1.82) is 5.26 Å². The second kappa shape index (κ2) is 4.33. The van der Waals surface area contributed by atoms with Gasteiger partial charge in [0, 0.05) is 12.6 Å². The number of rotatable bonds is 1. The van der Waals surface area contributed by atoms with Crippen LogP contribution in [0.15, 0.2) is 10.9 Å². The first kappa shape index (κ1) is 10.6. The van der Waals surface area contributed by atoms with E-state index >= 15 is 0 Å². The largest absolute Gasteiger partial charge is 0.360 e. The molecule has 0 spiro atoms. The van der Waals surface area contributed by atoms with Crippen LogP contribution in [0.2, 0.25) is 0 Å². The van der Waals surface area contributed by atoms with Gasteiger partial charge >= 0.3 is 0 Å². The molecule has 2 rings (SSSR count). The van der Waals surface area contributed by atoms with Crippen LogP contribution in [0.25, 0.3) is 0 Å². The number of aryl methyl sites for hydroxylation is 1. The fourth-order valence-corrected chi connectivity index (χ4v) is 1.66. The van der Waals surface area contributed by atoms with Crippen molar-refractivity contribution in [2.24, 2.45) is 0 Å². The normalized spacial score (nSPS) is 20.5. The SMILES string of the molecule is Cc1nc(N2CCOC(C#N)C2)cc(=O)[nH]1. The van der Waals surface area contributed by atoms with E-state index in [0.29, 0.717) is 31.3 Å². The van der Waals surface area contributed by atoms with Crippen molar-refractivity contribution in [3.05, 3.63) is 22.2 Å². The lowest BCUT2D eigenvalue weighted by Gasteiger charge is -2.30. The van der Waals surface area contributed by atoms with Crippen molar-refractivity contribution in [1.82, 2.24) is 9.97 Å². The smallest absolute Gasteiger partial charge is 0.252 e. The molecule has 1 unspecified atom stereocenters. The molecule has 1 aromatic rings. The number of aromatic nitrogens is 2. The van der Waals surface area contributed by atoms with Crippen LogP contribution in [0.5, 0.6) is 0 Å². The average molecular weight is 220 g/mol. The lowest BCUT2D eigenvalue weighted by Crippen LogP contribution is -2.42. The van der Waals surface area contributed by atoms with Crippen molar-refractivity contribution in [3.8, 4) is 6.07 Å². The molecule has 0 aromatic carbocycles. The zero-order chi connectivity index (χ0) is 11.5. The summed E-state index contributed by atoms with van der Waals surface area (Å²) in [6, 6.07) is 3.49. The number of nitrogens with one attached hydrogen (secondary N) is 1. The van der Waals surface area contributed by atoms with Gasteiger partial charge in [0.25, 0.3) is 5.56 Å². The molecule has 1 atom stereocenters. The number of anilines is 1. The molecule has 0 saturated carbocycles. The molecular formula is C10H12N4O2. The van der Waals surface area contributed by atoms with E-state index in [-0.39, 0.29) is 5.56 Å². The van der Waals surface area contributed by atoms with Crippen molar-refractivity contribution >= 4 is 5.82 Å². The van der Waals surface area contributed by atoms with Gasteiger partial charge in [0.1, 0.15) is 11.6 Å². The molecule has 1 aliphatic rings. The van der Waals surface area contributed by atoms with Gasteiger partial charge < -0.3 is 14.6 Å². The summed E-state index contributed by atoms with van der Waals surface area (Å²) < 4.78 is 5.22. The molecule has 1 N–H and O–H groups in total. The molecule has 16 heavy (non-hydrogen) atoms. The van der Waals surface area contributed by atoms with Crippen LogP contribution in [0.4, 0.5) is 5.82 Å². The van der Waals surface area contributed by atoms with E-state index in [1.54, 1.807) is 6.92 Å². The Bertz CT molecular complexity index is 476. The summed E-state index contributed by atoms with van der Waals surface area (Å²) in [6.07, 6.45) is -0.449. The monoisotopic (exact) mass is 220 g/mol. The highest BCUT2D eigenvalue weighted by Crippen LogP contribution is 2.12. The van der Waals surface area contributed by atoms with Gasteiger partial charge in [0.2, 0.25) is 0 Å². The third kappa shape index (κ3) is 2.20. The fraction of sp³-hybridized carbons (Fsp3) is 0.500. The third-order valence-corrected chi connectivity index (χ3v) is 2.38. The van der Waals surface area contributed by atoms with E-state index in [1.165, 1.54) is 6.07 Å². The van der Waals surface area contributed by atoms with E-state index in [4.69, 9.17) is 10.00 Å². The molecule has 1 aliphatic heterocycles. The Morgan fingerprint density at radius 1 is 1.75 bits per heavy atom. The first-order valence-corrected chi connectivity index (χ1v) is 5.03. The van der Waals surface area contributed by atoms with Crippen molar-refractivity contribution in [3.63, 3.8) is 0 Å². The van der Waals surface area contributed by atoms with Crippen LogP contribution in [0.1, 0.15) is 5.82 Å². The summed E-state index contributed by atoms with van der Waals surface area (Å²) in [5, 5.41) is 8.77. The summed E-state index contributed by atoms with van der Waals surface area (Å²) in [5.74, 6) is 1.17. The molecule has 6 heteroatoms. The molecule has 1 fully saturated rings. The number of ether oxygens (including phenoxy) is 1. The molecule has 0 aliphatic carbocycles. The number of nitrogens with zero attached hydrogens (tertiary/aromatic N) is 3. The predicted molar refractivity (Wildman–Crippen MR) is 57.2 cm³/mol. The zero-order valence-electron chi connectivity index (χ0n) is 8.93. The molecule has 0 amide bonds. The molecule has 0 radical (unpaired) electrons. The van der Waals surface area contributed by atoms with Gasteiger partial charge in [-0.1, -0.05) is 0 Å². The van der Waals surface area contributed by atoms with E-state index in [0.717, 1.165) is 0 Å². The summed E-state index contributed by atoms with van der Waals surface area (Å²) in [5.41, 5.74) is -0.178. The maximum Gasteiger partial charge on any atom is 0.252 e. The molecule has 1 aromatic heterocycles. The number of morpholine rings is 1. The van der Waals surface area contributed by atoms with Crippen LogP contribution in [0, 0.1) is 18.3 Å². The van der Waals surface area contributed by atoms with Crippen LogP contribution >= 0.6 is 0 Å². The van der Waals surface area contributed by atoms with Gasteiger partial charge in [-0.15, -0.1) is 0 Å². The van der Waals surface area contributed by atoms with E-state index in [2.05, 4.69) is 16.0 Å². The maximum atomic E-state index is 11.3. The van der Waals surface area contributed by atoms with E-state index in [1.807, 2.05) is 4.90 Å². The highest BCUT2D eigenvalue weighted by molar-refractivity contribution is 5.38. The van der Waals surface area contributed by atoms with Gasteiger partial charge in [0.05, 0.1) is 19.2 Å². The second-order valence-corrected chi connectivity index (χ2v) is 3.62. The quantitative estimate of drug-likeness (QED) is 0.709. The van der Waals surface area contributed by atoms with Crippen LogP contribution < -0.4 is 10.5 Å². The maximum absolute atomic E-state index is 11.3. The van der Waals surface area contributed by atoms with Gasteiger partial charge in [0.15, 0.2) is 6.10 Å². The third-order valence-electron chi connectivity index (χ3n) is 2.38. The van der Waals surface area contributed by atoms with Crippen molar-refractivity contribution < 1.29 is 4.74 Å². The van der Waals surface area contributed by atoms with Gasteiger partial charge in [-0.25, -0.2) is 4.98 Å². The second-order valence-electron chi connectivity index (χ2n) is 3.62. The predicted octanol–water partition coefficient (Wildman–Crippen LogP) is -0.193. The minimum Gasteiger partial charge on any atom is -0.360 e. The van der Waals surface area contributed by atoms with Crippen LogP contribution in [-0.4, -0.2) is 35.8 Å². The number of H-pyrrole nitrogens is 1. The summed E-state index contributed by atoms with van der Waals surface area (Å²) in [7, 11) is 0. The number of aromatic amines is 1. The van der Waals surface area contributed by atoms with Gasteiger partial charge in [-0.3, -0.25) is 4.79 Å². The molecule has 1 saturated heterocycles. The summed E-state index contributed by atoms with van der Waals surface area (Å²) in [4.78, 5) is 20.0. The average Bonchev–Trinajstić information content (AvgIpc) is 2.28. The van der Waals surface area contributed by atoms with E-state index < -0.39 is 6.10 Å². The Hall–Kier alpha value is -1.87. The number of hydrogen-bond donors (Lipinski definition) is 1. The molecule has 0 bridgehead atoms. The van der Waals surface area contributed by atoms with Gasteiger partial charge in [-0.05, 0) is 6.92 Å². The lowest BCUT2D eigenvalue weighted by atomic mass is 10.3. The van der Waals surface area contributed by atoms with Crippen molar-refractivity contribution in [2.45, 2.75) is 13.0 Å². The zero-order valence-corrected chi connectivity index (χ0v) is 8.93. The summed E-state index contributed by atoms with van der Waals surface area (Å²) >= 11 is 0. The molecular weight excluding hydrogens is 208 g/mol. The first-order valence-electron chi connectivity index (χ1n) is 5.03. The molecule has 6 nitrogen and oxygen atoms in total. The Balaban J connectivity index is 2.23. The molecule has 2 heterocycles. The van der Waals surface area contributed by atoms with Crippen LogP contribution in [0.3, 0.4) is 0 Å². The number of nitriles is 1. The topological polar surface area (TPSA) is 82.0 Å². The number of hydrogen-bond acceptors (Lipinski definition) is 5. The Morgan fingerprint density at radius 3 is 3.25 bits per heavy atom. The highest BCUT2D eigenvalue weighted by atomic mass is 16.5. The van der Waals surface area contributed by atoms with Gasteiger partial charge in [-0.2, -0.15) is 5.26 Å². The molecule has 84 valence electrons. The minimum absolute atomic E-state index is 0.178. The Labute approximate surface area is 92.5 Å². The summed E-state index contributed by atoms with van der Waals surface area (Å²) in [6.45, 7) is 3.30. The minimum atomic E-state index is -0.449. The Morgan fingerprint density at radius 2 is 2.56 bits per heavy atom. The van der Waals surface area contributed by atoms with Crippen molar-refractivity contribution in [2.75, 3.05) is 24.6 Å². The standard InChI is InChI=1S/C10H12N4O2/c1-7-12-9(4-10(15)13-7)14-2-3-16-8(5-11)6-14/h4,8H,2-3,6H2,1H3,(H,12,13,15).